The largest absolute Gasteiger partial charge is 0.480 e. The number of carbonyl (C=O) groups is 1. The summed E-state index contributed by atoms with van der Waals surface area (Å²) in [5.74, 6) is 0.436. The van der Waals surface area contributed by atoms with Crippen molar-refractivity contribution in [1.29, 1.82) is 0 Å². The van der Waals surface area contributed by atoms with Gasteiger partial charge in [-0.2, -0.15) is 11.8 Å². The number of rotatable bonds is 4. The van der Waals surface area contributed by atoms with Crippen LogP contribution < -0.4 is 5.32 Å². The zero-order chi connectivity index (χ0) is 9.90. The third-order valence-electron chi connectivity index (χ3n) is 2.45. The summed E-state index contributed by atoms with van der Waals surface area (Å²) in [6.07, 6.45) is 2.45. The molecular weight excluding hydrogens is 186 g/mol. The summed E-state index contributed by atoms with van der Waals surface area (Å²) in [5, 5.41) is 11.7. The quantitative estimate of drug-likeness (QED) is 0.724. The molecule has 3 nitrogen and oxygen atoms in total. The highest BCUT2D eigenvalue weighted by Gasteiger charge is 2.29. The van der Waals surface area contributed by atoms with E-state index in [4.69, 9.17) is 5.11 Å². The molecule has 4 heteroatoms. The summed E-state index contributed by atoms with van der Waals surface area (Å²) >= 11 is 1.94. The normalized spacial score (nSPS) is 30.3. The van der Waals surface area contributed by atoms with Crippen molar-refractivity contribution in [3.8, 4) is 0 Å². The lowest BCUT2D eigenvalue weighted by Gasteiger charge is -2.24. The molecule has 13 heavy (non-hydrogen) atoms. The Balaban J connectivity index is 2.28. The van der Waals surface area contributed by atoms with Crippen LogP contribution in [0.15, 0.2) is 0 Å². The monoisotopic (exact) mass is 203 g/mol. The van der Waals surface area contributed by atoms with Crippen LogP contribution in [0.25, 0.3) is 0 Å². The second kappa shape index (κ2) is 4.33. The Hall–Kier alpha value is -0.220. The Morgan fingerprint density at radius 2 is 2.46 bits per heavy atom. The molecule has 0 aliphatic carbocycles. The van der Waals surface area contributed by atoms with E-state index in [1.54, 1.807) is 6.92 Å². The van der Waals surface area contributed by atoms with Gasteiger partial charge in [0.05, 0.1) is 0 Å². The molecule has 0 aromatic heterocycles. The second-order valence-corrected chi connectivity index (χ2v) is 5.53. The number of carboxylic acid groups (broad SMARTS) is 1. The van der Waals surface area contributed by atoms with Crippen LogP contribution in [0.5, 0.6) is 0 Å². The lowest BCUT2D eigenvalue weighted by molar-refractivity contribution is -0.139. The Bertz CT molecular complexity index is 190. The molecule has 1 fully saturated rings. The minimum absolute atomic E-state index is 0.254. The fourth-order valence-corrected chi connectivity index (χ4v) is 2.69. The molecular formula is C9H17NO2S. The number of nitrogens with one attached hydrogen (secondary N) is 1. The molecule has 1 aliphatic heterocycles. The van der Waals surface area contributed by atoms with Crippen LogP contribution in [-0.4, -0.2) is 34.2 Å². The van der Waals surface area contributed by atoms with E-state index in [9.17, 15) is 4.79 Å². The van der Waals surface area contributed by atoms with Gasteiger partial charge < -0.3 is 10.4 Å². The average molecular weight is 203 g/mol. The van der Waals surface area contributed by atoms with Gasteiger partial charge in [-0.25, -0.2) is 0 Å². The molecule has 0 aromatic rings. The predicted octanol–water partition coefficient (Wildman–Crippen LogP) is 1.33. The van der Waals surface area contributed by atoms with Gasteiger partial charge >= 0.3 is 5.97 Å². The van der Waals surface area contributed by atoms with Crippen molar-refractivity contribution in [1.82, 2.24) is 5.32 Å². The molecule has 0 spiro atoms. The molecule has 1 aliphatic rings. The van der Waals surface area contributed by atoms with Crippen LogP contribution >= 0.6 is 11.8 Å². The maximum atomic E-state index is 10.5. The molecule has 2 N–H and O–H groups in total. The first-order valence-corrected chi connectivity index (χ1v) is 5.62. The first kappa shape index (κ1) is 10.9. The van der Waals surface area contributed by atoms with Crippen molar-refractivity contribution in [2.24, 2.45) is 0 Å². The summed E-state index contributed by atoms with van der Waals surface area (Å²) in [6.45, 7) is 4.68. The SMILES string of the molecule is CC(NCC1(C)CCCS1)C(=O)O. The molecule has 1 saturated heterocycles. The highest BCUT2D eigenvalue weighted by molar-refractivity contribution is 8.00. The standard InChI is InChI=1S/C9H17NO2S/c1-7(8(11)12)10-6-9(2)4-3-5-13-9/h7,10H,3-6H2,1-2H3,(H,11,12). The van der Waals surface area contributed by atoms with Crippen LogP contribution in [0, 0.1) is 0 Å². The summed E-state index contributed by atoms with van der Waals surface area (Å²) in [7, 11) is 0. The third kappa shape index (κ3) is 3.19. The first-order chi connectivity index (χ1) is 6.03. The first-order valence-electron chi connectivity index (χ1n) is 4.64. The van der Waals surface area contributed by atoms with E-state index in [1.165, 1.54) is 18.6 Å². The number of aliphatic carboxylic acids is 1. The van der Waals surface area contributed by atoms with Crippen molar-refractivity contribution >= 4 is 17.7 Å². The van der Waals surface area contributed by atoms with Crippen molar-refractivity contribution in [3.05, 3.63) is 0 Å². The zero-order valence-corrected chi connectivity index (χ0v) is 8.99. The molecule has 0 aromatic carbocycles. The number of thioether (sulfide) groups is 1. The lowest BCUT2D eigenvalue weighted by Crippen LogP contribution is -2.41. The van der Waals surface area contributed by atoms with Gasteiger partial charge in [0.15, 0.2) is 0 Å². The van der Waals surface area contributed by atoms with Crippen molar-refractivity contribution < 1.29 is 9.90 Å². The fraction of sp³-hybridized carbons (Fsp3) is 0.889. The van der Waals surface area contributed by atoms with Crippen molar-refractivity contribution in [2.45, 2.75) is 37.5 Å². The number of hydrogen-bond donors (Lipinski definition) is 2. The maximum absolute atomic E-state index is 10.5. The Morgan fingerprint density at radius 1 is 1.77 bits per heavy atom. The van der Waals surface area contributed by atoms with Crippen LogP contribution in [0.4, 0.5) is 0 Å². The molecule has 1 rings (SSSR count). The van der Waals surface area contributed by atoms with E-state index < -0.39 is 12.0 Å². The Labute approximate surface area is 83.3 Å². The van der Waals surface area contributed by atoms with E-state index in [2.05, 4.69) is 12.2 Å². The maximum Gasteiger partial charge on any atom is 0.320 e. The summed E-state index contributed by atoms with van der Waals surface area (Å²) in [6, 6.07) is -0.432. The van der Waals surface area contributed by atoms with Gasteiger partial charge in [-0.05, 0) is 32.4 Å². The van der Waals surface area contributed by atoms with Gasteiger partial charge in [-0.1, -0.05) is 0 Å². The summed E-state index contributed by atoms with van der Waals surface area (Å²) in [5.41, 5.74) is 0. The van der Waals surface area contributed by atoms with Crippen molar-refractivity contribution in [2.75, 3.05) is 12.3 Å². The van der Waals surface area contributed by atoms with E-state index in [0.29, 0.717) is 0 Å². The second-order valence-electron chi connectivity index (χ2n) is 3.84. The molecule has 0 saturated carbocycles. The topological polar surface area (TPSA) is 49.3 Å². The molecule has 1 heterocycles. The van der Waals surface area contributed by atoms with E-state index in [-0.39, 0.29) is 4.75 Å². The minimum Gasteiger partial charge on any atom is -0.480 e. The number of hydrogen-bond acceptors (Lipinski definition) is 3. The zero-order valence-electron chi connectivity index (χ0n) is 8.17. The van der Waals surface area contributed by atoms with Crippen molar-refractivity contribution in [3.63, 3.8) is 0 Å². The van der Waals surface area contributed by atoms with Gasteiger partial charge in [0.2, 0.25) is 0 Å². The molecule has 0 bridgehead atoms. The van der Waals surface area contributed by atoms with Crippen LogP contribution in [-0.2, 0) is 4.79 Å². The highest BCUT2D eigenvalue weighted by Crippen LogP contribution is 2.36. The lowest BCUT2D eigenvalue weighted by atomic mass is 10.1. The minimum atomic E-state index is -0.772. The Morgan fingerprint density at radius 3 is 2.92 bits per heavy atom. The van der Waals surface area contributed by atoms with Gasteiger partial charge in [0, 0.05) is 11.3 Å². The molecule has 0 amide bonds. The molecule has 76 valence electrons. The summed E-state index contributed by atoms with van der Waals surface area (Å²) in [4.78, 5) is 10.5. The van der Waals surface area contributed by atoms with E-state index >= 15 is 0 Å². The highest BCUT2D eigenvalue weighted by atomic mass is 32.2. The van der Waals surface area contributed by atoms with Crippen LogP contribution in [0.3, 0.4) is 0 Å². The molecule has 2 unspecified atom stereocenters. The third-order valence-corrected chi connectivity index (χ3v) is 3.99. The van der Waals surface area contributed by atoms with Gasteiger partial charge in [0.25, 0.3) is 0 Å². The van der Waals surface area contributed by atoms with Gasteiger partial charge in [-0.15, -0.1) is 0 Å². The smallest absolute Gasteiger partial charge is 0.320 e. The Kier molecular flexibility index (Phi) is 3.62. The van der Waals surface area contributed by atoms with E-state index in [1.807, 2.05) is 11.8 Å². The van der Waals surface area contributed by atoms with Crippen LogP contribution in [0.2, 0.25) is 0 Å². The average Bonchev–Trinajstić information content (AvgIpc) is 2.48. The molecule has 0 radical (unpaired) electrons. The van der Waals surface area contributed by atoms with Gasteiger partial charge in [-0.3, -0.25) is 4.79 Å². The number of carboxylic acids is 1. The van der Waals surface area contributed by atoms with E-state index in [0.717, 1.165) is 6.54 Å². The molecule has 2 atom stereocenters. The van der Waals surface area contributed by atoms with Gasteiger partial charge in [0.1, 0.15) is 6.04 Å². The van der Waals surface area contributed by atoms with Crippen LogP contribution in [0.1, 0.15) is 26.7 Å². The predicted molar refractivity (Wildman–Crippen MR) is 55.2 cm³/mol. The summed E-state index contributed by atoms with van der Waals surface area (Å²) < 4.78 is 0.254. The fourth-order valence-electron chi connectivity index (χ4n) is 1.43.